The van der Waals surface area contributed by atoms with Gasteiger partial charge < -0.3 is 21.9 Å². The molecule has 0 aromatic carbocycles. The summed E-state index contributed by atoms with van der Waals surface area (Å²) in [6.07, 6.45) is 1.98. The summed E-state index contributed by atoms with van der Waals surface area (Å²) in [5.74, 6) is -2.28. The van der Waals surface area contributed by atoms with Gasteiger partial charge in [-0.3, -0.25) is 14.4 Å². The minimum atomic E-state index is -1.05. The molecule has 0 rings (SSSR count). The number of amides is 2. The quantitative estimate of drug-likeness (QED) is 0.436. The molecule has 0 fully saturated rings. The van der Waals surface area contributed by atoms with E-state index in [2.05, 4.69) is 5.32 Å². The lowest BCUT2D eigenvalue weighted by atomic mass is 10.1. The molecule has 0 aromatic heterocycles. The number of nitrogens with one attached hydrogen (secondary N) is 1. The van der Waals surface area contributed by atoms with E-state index in [-0.39, 0.29) is 12.8 Å². The summed E-state index contributed by atoms with van der Waals surface area (Å²) in [6, 6.07) is -1.68. The number of carboxylic acids is 1. The van der Waals surface area contributed by atoms with E-state index in [0.717, 1.165) is 12.8 Å². The molecule has 18 heavy (non-hydrogen) atoms. The number of carbonyl (C=O) groups is 3. The third-order valence-electron chi connectivity index (χ3n) is 2.51. The van der Waals surface area contributed by atoms with Crippen LogP contribution in [-0.2, 0) is 14.4 Å². The zero-order chi connectivity index (χ0) is 14.1. The highest BCUT2D eigenvalue weighted by atomic mass is 16.4. The molecule has 6 N–H and O–H groups in total. The predicted molar refractivity (Wildman–Crippen MR) is 65.5 cm³/mol. The molecule has 7 heteroatoms. The van der Waals surface area contributed by atoms with Crippen molar-refractivity contribution in [3.8, 4) is 0 Å². The first kappa shape index (κ1) is 16.4. The SMILES string of the molecule is CCCC[C@H](N)C(=O)N[C@H](CCC(=O)O)C(N)=O. The van der Waals surface area contributed by atoms with Crippen molar-refractivity contribution in [1.29, 1.82) is 0 Å². The minimum absolute atomic E-state index is 0.0308. The molecule has 0 aliphatic carbocycles. The molecule has 0 bridgehead atoms. The molecular weight excluding hydrogens is 238 g/mol. The fourth-order valence-electron chi connectivity index (χ4n) is 1.39. The van der Waals surface area contributed by atoms with Crippen LogP contribution in [0, 0.1) is 0 Å². The van der Waals surface area contributed by atoms with Crippen LogP contribution in [0.4, 0.5) is 0 Å². The summed E-state index contributed by atoms with van der Waals surface area (Å²) in [4.78, 5) is 33.1. The molecule has 0 saturated heterocycles. The van der Waals surface area contributed by atoms with Crippen LogP contribution in [0.5, 0.6) is 0 Å². The maximum atomic E-state index is 11.6. The summed E-state index contributed by atoms with van der Waals surface area (Å²) in [7, 11) is 0. The molecule has 0 aliphatic rings. The van der Waals surface area contributed by atoms with E-state index in [1.165, 1.54) is 0 Å². The summed E-state index contributed by atoms with van der Waals surface area (Å²) >= 11 is 0. The second-order valence-corrected chi connectivity index (χ2v) is 4.14. The number of hydrogen-bond donors (Lipinski definition) is 4. The number of hydrogen-bond acceptors (Lipinski definition) is 4. The van der Waals surface area contributed by atoms with Crippen LogP contribution in [0.3, 0.4) is 0 Å². The molecule has 2 atom stereocenters. The van der Waals surface area contributed by atoms with Gasteiger partial charge in [-0.15, -0.1) is 0 Å². The normalized spacial score (nSPS) is 13.7. The van der Waals surface area contributed by atoms with Gasteiger partial charge in [-0.2, -0.15) is 0 Å². The number of aliphatic carboxylic acids is 1. The third kappa shape index (κ3) is 6.85. The largest absolute Gasteiger partial charge is 0.481 e. The maximum absolute atomic E-state index is 11.6. The monoisotopic (exact) mass is 259 g/mol. The van der Waals surface area contributed by atoms with Gasteiger partial charge in [0.25, 0.3) is 0 Å². The first-order chi connectivity index (χ1) is 8.38. The average Bonchev–Trinajstić information content (AvgIpc) is 2.30. The van der Waals surface area contributed by atoms with Crippen molar-refractivity contribution in [2.45, 2.75) is 51.1 Å². The van der Waals surface area contributed by atoms with Crippen molar-refractivity contribution in [2.24, 2.45) is 11.5 Å². The van der Waals surface area contributed by atoms with Crippen molar-refractivity contribution in [2.75, 3.05) is 0 Å². The van der Waals surface area contributed by atoms with Gasteiger partial charge in [0.2, 0.25) is 11.8 Å². The Morgan fingerprint density at radius 1 is 1.28 bits per heavy atom. The molecule has 7 nitrogen and oxygen atoms in total. The van der Waals surface area contributed by atoms with E-state index in [0.29, 0.717) is 6.42 Å². The number of carbonyl (C=O) groups excluding carboxylic acids is 2. The highest BCUT2D eigenvalue weighted by Crippen LogP contribution is 2.01. The molecule has 0 aromatic rings. The fraction of sp³-hybridized carbons (Fsp3) is 0.727. The van der Waals surface area contributed by atoms with Crippen LogP contribution < -0.4 is 16.8 Å². The Bertz CT molecular complexity index is 307. The number of unbranched alkanes of at least 4 members (excludes halogenated alkanes) is 1. The average molecular weight is 259 g/mol. The number of primary amides is 1. The molecule has 104 valence electrons. The fourth-order valence-corrected chi connectivity index (χ4v) is 1.39. The van der Waals surface area contributed by atoms with Crippen molar-refractivity contribution in [1.82, 2.24) is 5.32 Å². The van der Waals surface area contributed by atoms with E-state index in [1.807, 2.05) is 6.92 Å². The van der Waals surface area contributed by atoms with Gasteiger partial charge in [-0.25, -0.2) is 0 Å². The lowest BCUT2D eigenvalue weighted by molar-refractivity contribution is -0.137. The van der Waals surface area contributed by atoms with E-state index >= 15 is 0 Å². The molecule has 0 unspecified atom stereocenters. The van der Waals surface area contributed by atoms with E-state index in [4.69, 9.17) is 16.6 Å². The van der Waals surface area contributed by atoms with Gasteiger partial charge in [0.1, 0.15) is 6.04 Å². The first-order valence-corrected chi connectivity index (χ1v) is 5.95. The standard InChI is InChI=1S/C11H21N3O4/c1-2-3-4-7(12)11(18)14-8(10(13)17)5-6-9(15)16/h7-8H,2-6,12H2,1H3,(H2,13,17)(H,14,18)(H,15,16)/t7-,8+/m0/s1. The molecular formula is C11H21N3O4. The second kappa shape index (κ2) is 8.46. The smallest absolute Gasteiger partial charge is 0.303 e. The zero-order valence-electron chi connectivity index (χ0n) is 10.5. The first-order valence-electron chi connectivity index (χ1n) is 5.95. The summed E-state index contributed by atoms with van der Waals surface area (Å²) in [6.45, 7) is 1.98. The summed E-state index contributed by atoms with van der Waals surface area (Å²) < 4.78 is 0. The second-order valence-electron chi connectivity index (χ2n) is 4.14. The topological polar surface area (TPSA) is 136 Å². The molecule has 0 aliphatic heterocycles. The lowest BCUT2D eigenvalue weighted by Gasteiger charge is -2.17. The predicted octanol–water partition coefficient (Wildman–Crippen LogP) is -0.661. The summed E-state index contributed by atoms with van der Waals surface area (Å²) in [5, 5.41) is 10.9. The Morgan fingerprint density at radius 2 is 1.89 bits per heavy atom. The summed E-state index contributed by atoms with van der Waals surface area (Å²) in [5.41, 5.74) is 10.7. The zero-order valence-corrected chi connectivity index (χ0v) is 10.5. The van der Waals surface area contributed by atoms with Crippen molar-refractivity contribution < 1.29 is 19.5 Å². The van der Waals surface area contributed by atoms with Crippen molar-refractivity contribution in [3.05, 3.63) is 0 Å². The Morgan fingerprint density at radius 3 is 2.33 bits per heavy atom. The van der Waals surface area contributed by atoms with Crippen molar-refractivity contribution in [3.63, 3.8) is 0 Å². The van der Waals surface area contributed by atoms with Crippen LogP contribution in [0.2, 0.25) is 0 Å². The van der Waals surface area contributed by atoms with Crippen LogP contribution in [0.25, 0.3) is 0 Å². The van der Waals surface area contributed by atoms with Crippen LogP contribution in [-0.4, -0.2) is 35.0 Å². The van der Waals surface area contributed by atoms with Gasteiger partial charge >= 0.3 is 5.97 Å². The van der Waals surface area contributed by atoms with Gasteiger partial charge in [0.15, 0.2) is 0 Å². The molecule has 0 radical (unpaired) electrons. The maximum Gasteiger partial charge on any atom is 0.303 e. The molecule has 0 saturated carbocycles. The van der Waals surface area contributed by atoms with Crippen LogP contribution in [0.15, 0.2) is 0 Å². The molecule has 0 heterocycles. The van der Waals surface area contributed by atoms with Gasteiger partial charge in [0, 0.05) is 6.42 Å². The molecule has 2 amide bonds. The Hall–Kier alpha value is -1.63. The van der Waals surface area contributed by atoms with Crippen LogP contribution >= 0.6 is 0 Å². The van der Waals surface area contributed by atoms with Gasteiger partial charge in [-0.1, -0.05) is 19.8 Å². The lowest BCUT2D eigenvalue weighted by Crippen LogP contribution is -2.50. The van der Waals surface area contributed by atoms with E-state index in [9.17, 15) is 14.4 Å². The number of nitrogens with two attached hydrogens (primary N) is 2. The van der Waals surface area contributed by atoms with E-state index in [1.54, 1.807) is 0 Å². The highest BCUT2D eigenvalue weighted by molar-refractivity contribution is 5.89. The Labute approximate surface area is 106 Å². The van der Waals surface area contributed by atoms with Gasteiger partial charge in [0.05, 0.1) is 6.04 Å². The third-order valence-corrected chi connectivity index (χ3v) is 2.51. The van der Waals surface area contributed by atoms with E-state index < -0.39 is 29.9 Å². The highest BCUT2D eigenvalue weighted by Gasteiger charge is 2.22. The molecule has 0 spiro atoms. The number of carboxylic acid groups (broad SMARTS) is 1. The Kier molecular flexibility index (Phi) is 7.69. The number of rotatable bonds is 9. The van der Waals surface area contributed by atoms with Gasteiger partial charge in [-0.05, 0) is 12.8 Å². The van der Waals surface area contributed by atoms with Crippen LogP contribution in [0.1, 0.15) is 39.0 Å². The van der Waals surface area contributed by atoms with Crippen molar-refractivity contribution >= 4 is 17.8 Å². The Balaban J connectivity index is 4.26. The minimum Gasteiger partial charge on any atom is -0.481 e.